The molecule has 158 valence electrons. The summed E-state index contributed by atoms with van der Waals surface area (Å²) in [5.41, 5.74) is 8.49. The Bertz CT molecular complexity index is 572. The van der Waals surface area contributed by atoms with E-state index in [0.717, 1.165) is 78.7 Å². The monoisotopic (exact) mass is 503 g/mol. The van der Waals surface area contributed by atoms with Crippen LogP contribution in [0.2, 0.25) is 0 Å². The molecule has 0 atom stereocenters. The maximum absolute atomic E-state index is 5.98. The zero-order valence-corrected chi connectivity index (χ0v) is 19.0. The fourth-order valence-electron chi connectivity index (χ4n) is 3.34. The summed E-state index contributed by atoms with van der Waals surface area (Å²) in [7, 11) is 0. The highest BCUT2D eigenvalue weighted by Gasteiger charge is 2.10. The number of nitrogens with zero attached hydrogens (tertiary/aromatic N) is 3. The molecule has 0 unspecified atom stereocenters. The van der Waals surface area contributed by atoms with Gasteiger partial charge in [0.1, 0.15) is 0 Å². The molecule has 8 heteroatoms. The summed E-state index contributed by atoms with van der Waals surface area (Å²) >= 11 is 0. The lowest BCUT2D eigenvalue weighted by Crippen LogP contribution is -2.39. The first-order chi connectivity index (χ1) is 13.3. The van der Waals surface area contributed by atoms with Gasteiger partial charge in [-0.25, -0.2) is 4.99 Å². The summed E-state index contributed by atoms with van der Waals surface area (Å²) in [6.45, 7) is 11.0. The van der Waals surface area contributed by atoms with E-state index in [9.17, 15) is 0 Å². The van der Waals surface area contributed by atoms with Gasteiger partial charge in [0.15, 0.2) is 5.96 Å². The number of guanidine groups is 1. The first-order valence-corrected chi connectivity index (χ1v) is 10.0. The Kier molecular flexibility index (Phi) is 11.1. The zero-order valence-electron chi connectivity index (χ0n) is 16.6. The smallest absolute Gasteiger partial charge is 0.188 e. The SMILES string of the molecule is I.NC(=NCc1ccc(CN2CCOCC2)cc1)NCCCN1CCOCC1. The van der Waals surface area contributed by atoms with Crippen molar-refractivity contribution in [1.82, 2.24) is 15.1 Å². The molecule has 0 aromatic heterocycles. The lowest BCUT2D eigenvalue weighted by atomic mass is 10.1. The number of hydrogen-bond acceptors (Lipinski definition) is 5. The average molecular weight is 503 g/mol. The van der Waals surface area contributed by atoms with Gasteiger partial charge in [-0.3, -0.25) is 9.80 Å². The Morgan fingerprint density at radius 1 is 0.929 bits per heavy atom. The van der Waals surface area contributed by atoms with Gasteiger partial charge in [0.05, 0.1) is 33.0 Å². The summed E-state index contributed by atoms with van der Waals surface area (Å²) in [5, 5.41) is 3.21. The fourth-order valence-corrected chi connectivity index (χ4v) is 3.34. The molecule has 0 amide bonds. The molecule has 2 heterocycles. The Morgan fingerprint density at radius 2 is 1.50 bits per heavy atom. The number of benzene rings is 1. The molecule has 0 saturated carbocycles. The van der Waals surface area contributed by atoms with Crippen LogP contribution in [0.3, 0.4) is 0 Å². The van der Waals surface area contributed by atoms with Crippen molar-refractivity contribution in [3.05, 3.63) is 35.4 Å². The second-order valence-electron chi connectivity index (χ2n) is 7.14. The third kappa shape index (κ3) is 8.60. The molecule has 2 aliphatic heterocycles. The number of aliphatic imine (C=N–C) groups is 1. The van der Waals surface area contributed by atoms with E-state index in [-0.39, 0.29) is 24.0 Å². The van der Waals surface area contributed by atoms with Gasteiger partial charge in [0, 0.05) is 39.3 Å². The number of nitrogens with two attached hydrogens (primary N) is 1. The Balaban J connectivity index is 0.00000280. The molecule has 28 heavy (non-hydrogen) atoms. The number of hydrogen-bond donors (Lipinski definition) is 2. The Labute approximate surface area is 185 Å². The molecule has 1 aromatic carbocycles. The molecule has 0 radical (unpaired) electrons. The molecule has 2 fully saturated rings. The highest BCUT2D eigenvalue weighted by molar-refractivity contribution is 14.0. The third-order valence-electron chi connectivity index (χ3n) is 5.03. The first-order valence-electron chi connectivity index (χ1n) is 10.0. The van der Waals surface area contributed by atoms with E-state index < -0.39 is 0 Å². The second-order valence-corrected chi connectivity index (χ2v) is 7.14. The molecular formula is C20H34IN5O2. The summed E-state index contributed by atoms with van der Waals surface area (Å²) in [6.07, 6.45) is 1.06. The van der Waals surface area contributed by atoms with Crippen LogP contribution in [0, 0.1) is 0 Å². The molecule has 3 N–H and O–H groups in total. The van der Waals surface area contributed by atoms with Gasteiger partial charge in [0.2, 0.25) is 0 Å². The average Bonchev–Trinajstić information content (AvgIpc) is 2.72. The van der Waals surface area contributed by atoms with E-state index in [1.165, 1.54) is 11.1 Å². The van der Waals surface area contributed by atoms with Crippen LogP contribution in [-0.2, 0) is 22.6 Å². The predicted octanol–water partition coefficient (Wildman–Crippen LogP) is 1.26. The minimum atomic E-state index is 0. The number of nitrogens with one attached hydrogen (secondary N) is 1. The van der Waals surface area contributed by atoms with Crippen molar-refractivity contribution in [2.75, 3.05) is 65.7 Å². The molecule has 3 rings (SSSR count). The molecule has 0 bridgehead atoms. The molecule has 7 nitrogen and oxygen atoms in total. The summed E-state index contributed by atoms with van der Waals surface area (Å²) in [4.78, 5) is 9.30. The lowest BCUT2D eigenvalue weighted by molar-refractivity contribution is 0.0342. The van der Waals surface area contributed by atoms with Crippen LogP contribution in [-0.4, -0.2) is 81.5 Å². The van der Waals surface area contributed by atoms with Crippen LogP contribution in [0.5, 0.6) is 0 Å². The molecule has 1 aromatic rings. The zero-order chi connectivity index (χ0) is 18.7. The van der Waals surface area contributed by atoms with Gasteiger partial charge in [-0.2, -0.15) is 0 Å². The quantitative estimate of drug-likeness (QED) is 0.241. The van der Waals surface area contributed by atoms with Crippen molar-refractivity contribution in [2.45, 2.75) is 19.5 Å². The highest BCUT2D eigenvalue weighted by atomic mass is 127. The van der Waals surface area contributed by atoms with Gasteiger partial charge < -0.3 is 20.5 Å². The minimum absolute atomic E-state index is 0. The third-order valence-corrected chi connectivity index (χ3v) is 5.03. The Hall–Kier alpha value is -0.940. The van der Waals surface area contributed by atoms with Crippen molar-refractivity contribution in [3.8, 4) is 0 Å². The fraction of sp³-hybridized carbons (Fsp3) is 0.650. The van der Waals surface area contributed by atoms with Crippen molar-refractivity contribution in [3.63, 3.8) is 0 Å². The van der Waals surface area contributed by atoms with Gasteiger partial charge in [-0.15, -0.1) is 24.0 Å². The predicted molar refractivity (Wildman–Crippen MR) is 123 cm³/mol. The largest absolute Gasteiger partial charge is 0.379 e. The van der Waals surface area contributed by atoms with Gasteiger partial charge in [-0.1, -0.05) is 24.3 Å². The number of halogens is 1. The van der Waals surface area contributed by atoms with Crippen LogP contribution in [0.4, 0.5) is 0 Å². The normalized spacial score (nSPS) is 19.2. The van der Waals surface area contributed by atoms with E-state index >= 15 is 0 Å². The summed E-state index contributed by atoms with van der Waals surface area (Å²) in [6, 6.07) is 8.66. The summed E-state index contributed by atoms with van der Waals surface area (Å²) in [5.74, 6) is 0.523. The van der Waals surface area contributed by atoms with E-state index in [2.05, 4.69) is 44.4 Å². The lowest BCUT2D eigenvalue weighted by Gasteiger charge is -2.26. The van der Waals surface area contributed by atoms with Crippen molar-refractivity contribution in [2.24, 2.45) is 10.7 Å². The molecular weight excluding hydrogens is 469 g/mol. The van der Waals surface area contributed by atoms with Gasteiger partial charge in [-0.05, 0) is 24.1 Å². The molecule has 2 aliphatic rings. The second kappa shape index (κ2) is 13.3. The molecule has 0 aliphatic carbocycles. The van der Waals surface area contributed by atoms with Gasteiger partial charge in [0.25, 0.3) is 0 Å². The van der Waals surface area contributed by atoms with Crippen LogP contribution in [0.25, 0.3) is 0 Å². The number of ether oxygens (including phenoxy) is 2. The van der Waals surface area contributed by atoms with E-state index in [4.69, 9.17) is 15.2 Å². The molecule has 2 saturated heterocycles. The minimum Gasteiger partial charge on any atom is -0.379 e. The van der Waals surface area contributed by atoms with Crippen LogP contribution < -0.4 is 11.1 Å². The maximum atomic E-state index is 5.98. The van der Waals surface area contributed by atoms with Gasteiger partial charge >= 0.3 is 0 Å². The van der Waals surface area contributed by atoms with Crippen LogP contribution in [0.1, 0.15) is 17.5 Å². The van der Waals surface area contributed by atoms with Crippen molar-refractivity contribution < 1.29 is 9.47 Å². The topological polar surface area (TPSA) is 75.3 Å². The van der Waals surface area contributed by atoms with Crippen LogP contribution >= 0.6 is 24.0 Å². The van der Waals surface area contributed by atoms with E-state index in [1.54, 1.807) is 0 Å². The molecule has 0 spiro atoms. The van der Waals surface area contributed by atoms with E-state index in [1.807, 2.05) is 0 Å². The number of rotatable bonds is 8. The Morgan fingerprint density at radius 3 is 2.14 bits per heavy atom. The highest BCUT2D eigenvalue weighted by Crippen LogP contribution is 2.10. The van der Waals surface area contributed by atoms with E-state index in [0.29, 0.717) is 12.5 Å². The number of morpholine rings is 2. The van der Waals surface area contributed by atoms with Crippen molar-refractivity contribution >= 4 is 29.9 Å². The van der Waals surface area contributed by atoms with Crippen LogP contribution in [0.15, 0.2) is 29.3 Å². The standard InChI is InChI=1S/C20H33N5O2.HI/c21-20(22-6-1-7-24-8-12-26-13-9-24)23-16-18-2-4-19(5-3-18)17-25-10-14-27-15-11-25;/h2-5H,1,6-17H2,(H3,21,22,23);1H. The first kappa shape index (κ1) is 23.3. The summed E-state index contributed by atoms with van der Waals surface area (Å²) < 4.78 is 10.8. The maximum Gasteiger partial charge on any atom is 0.188 e. The van der Waals surface area contributed by atoms with Crippen molar-refractivity contribution in [1.29, 1.82) is 0 Å².